The first kappa shape index (κ1) is 11.0. The number of hydrogen-bond donors (Lipinski definition) is 1. The summed E-state index contributed by atoms with van der Waals surface area (Å²) in [5, 5.41) is 9.72. The number of carbonyl (C=O) groups is 1. The molecule has 0 aliphatic carbocycles. The van der Waals surface area contributed by atoms with E-state index < -0.39 is 6.10 Å². The molecule has 2 heterocycles. The molecule has 0 aromatic carbocycles. The van der Waals surface area contributed by atoms with Crippen molar-refractivity contribution in [2.75, 3.05) is 13.1 Å². The second-order valence-electron chi connectivity index (χ2n) is 4.21. The number of likely N-dealkylation sites (tertiary alicyclic amines) is 1. The Labute approximate surface area is 94.1 Å². The summed E-state index contributed by atoms with van der Waals surface area (Å²) in [6.45, 7) is 3.08. The molecule has 16 heavy (non-hydrogen) atoms. The van der Waals surface area contributed by atoms with Gasteiger partial charge in [0, 0.05) is 25.5 Å². The van der Waals surface area contributed by atoms with Crippen molar-refractivity contribution in [1.29, 1.82) is 0 Å². The van der Waals surface area contributed by atoms with E-state index in [9.17, 15) is 9.90 Å². The molecule has 1 N–H and O–H groups in total. The molecule has 1 fully saturated rings. The largest absolute Gasteiger partial charge is 0.391 e. The fourth-order valence-electron chi connectivity index (χ4n) is 1.83. The summed E-state index contributed by atoms with van der Waals surface area (Å²) in [5.74, 6) is 0.155. The summed E-state index contributed by atoms with van der Waals surface area (Å²) < 4.78 is 0. The number of aromatic nitrogens is 2. The van der Waals surface area contributed by atoms with Crippen LogP contribution in [-0.2, 0) is 0 Å². The molecule has 1 aromatic rings. The zero-order valence-electron chi connectivity index (χ0n) is 9.21. The van der Waals surface area contributed by atoms with E-state index in [1.807, 2.05) is 6.92 Å². The van der Waals surface area contributed by atoms with E-state index in [1.165, 1.54) is 18.7 Å². The van der Waals surface area contributed by atoms with Crippen molar-refractivity contribution in [1.82, 2.24) is 14.9 Å². The molecule has 2 atom stereocenters. The van der Waals surface area contributed by atoms with Crippen LogP contribution in [0.15, 0.2) is 18.7 Å². The van der Waals surface area contributed by atoms with Crippen LogP contribution in [0.3, 0.4) is 0 Å². The Bertz CT molecular complexity index is 369. The average Bonchev–Trinajstić information content (AvgIpc) is 2.33. The summed E-state index contributed by atoms with van der Waals surface area (Å²) in [6.07, 6.45) is 4.80. The van der Waals surface area contributed by atoms with Gasteiger partial charge >= 0.3 is 0 Å². The van der Waals surface area contributed by atoms with Crippen molar-refractivity contribution in [2.45, 2.75) is 19.4 Å². The predicted octanol–water partition coefficient (Wildman–Crippen LogP) is 0.320. The first-order chi connectivity index (χ1) is 7.68. The second kappa shape index (κ2) is 4.57. The maximum absolute atomic E-state index is 12.0. The summed E-state index contributed by atoms with van der Waals surface area (Å²) in [7, 11) is 0. The molecule has 1 aromatic heterocycles. The third-order valence-corrected chi connectivity index (χ3v) is 3.01. The Balaban J connectivity index is 2.06. The lowest BCUT2D eigenvalue weighted by atomic mass is 9.96. The fraction of sp³-hybridized carbons (Fsp3) is 0.545. The minimum atomic E-state index is -0.428. The zero-order valence-corrected chi connectivity index (χ0v) is 9.21. The molecule has 1 saturated heterocycles. The lowest BCUT2D eigenvalue weighted by Gasteiger charge is -2.34. The fourth-order valence-corrected chi connectivity index (χ4v) is 1.83. The van der Waals surface area contributed by atoms with Crippen LogP contribution in [-0.4, -0.2) is 45.1 Å². The van der Waals surface area contributed by atoms with Crippen molar-refractivity contribution in [3.05, 3.63) is 24.3 Å². The van der Waals surface area contributed by atoms with Crippen molar-refractivity contribution < 1.29 is 9.90 Å². The van der Waals surface area contributed by atoms with E-state index in [2.05, 4.69) is 9.97 Å². The lowest BCUT2D eigenvalue weighted by molar-refractivity contribution is 0.0248. The molecule has 5 heteroatoms. The summed E-state index contributed by atoms with van der Waals surface area (Å²) in [6, 6.07) is 0. The maximum atomic E-state index is 12.0. The van der Waals surface area contributed by atoms with E-state index in [0.717, 1.165) is 6.42 Å². The van der Waals surface area contributed by atoms with E-state index >= 15 is 0 Å². The lowest BCUT2D eigenvalue weighted by Crippen LogP contribution is -2.45. The van der Waals surface area contributed by atoms with Gasteiger partial charge in [-0.3, -0.25) is 4.79 Å². The van der Waals surface area contributed by atoms with E-state index in [1.54, 1.807) is 4.90 Å². The molecule has 86 valence electrons. The van der Waals surface area contributed by atoms with Gasteiger partial charge in [-0.1, -0.05) is 6.92 Å². The minimum absolute atomic E-state index is 0.105. The maximum Gasteiger partial charge on any atom is 0.257 e. The van der Waals surface area contributed by atoms with Crippen LogP contribution < -0.4 is 0 Å². The highest BCUT2D eigenvalue weighted by atomic mass is 16.3. The van der Waals surface area contributed by atoms with E-state index in [0.29, 0.717) is 18.7 Å². The topological polar surface area (TPSA) is 66.3 Å². The number of piperidine rings is 1. The van der Waals surface area contributed by atoms with Crippen LogP contribution in [0, 0.1) is 5.92 Å². The van der Waals surface area contributed by atoms with Gasteiger partial charge in [-0.2, -0.15) is 0 Å². The van der Waals surface area contributed by atoms with Crippen LogP contribution in [0.5, 0.6) is 0 Å². The molecule has 0 spiro atoms. The second-order valence-corrected chi connectivity index (χ2v) is 4.21. The Morgan fingerprint density at radius 3 is 2.81 bits per heavy atom. The molecule has 5 nitrogen and oxygen atoms in total. The van der Waals surface area contributed by atoms with Gasteiger partial charge in [-0.25, -0.2) is 9.97 Å². The molecule has 1 amide bonds. The summed E-state index contributed by atoms with van der Waals surface area (Å²) in [4.78, 5) is 21.3. The number of carbonyl (C=O) groups excluding carboxylic acids is 1. The first-order valence-electron chi connectivity index (χ1n) is 5.41. The Kier molecular flexibility index (Phi) is 3.14. The van der Waals surface area contributed by atoms with Crippen molar-refractivity contribution >= 4 is 5.91 Å². The number of rotatable bonds is 1. The van der Waals surface area contributed by atoms with Crippen LogP contribution in [0.2, 0.25) is 0 Å². The Morgan fingerprint density at radius 1 is 1.50 bits per heavy atom. The van der Waals surface area contributed by atoms with Crippen molar-refractivity contribution in [3.8, 4) is 0 Å². The number of β-amino-alcohol motifs (C(OH)–C–C–N with tert-alkyl or cyclic N) is 1. The van der Waals surface area contributed by atoms with Gasteiger partial charge in [0.25, 0.3) is 5.91 Å². The molecule has 2 unspecified atom stereocenters. The molecular formula is C11H15N3O2. The van der Waals surface area contributed by atoms with Crippen molar-refractivity contribution in [2.24, 2.45) is 5.92 Å². The van der Waals surface area contributed by atoms with Gasteiger partial charge in [0.2, 0.25) is 0 Å². The summed E-state index contributed by atoms with van der Waals surface area (Å²) in [5.41, 5.74) is 0.476. The molecule has 1 aliphatic rings. The highest BCUT2D eigenvalue weighted by molar-refractivity contribution is 5.93. The number of aliphatic hydroxyl groups excluding tert-OH is 1. The SMILES string of the molecule is CC1CCN(C(=O)c2cncnc2)CC1O. The quantitative estimate of drug-likeness (QED) is 0.741. The predicted molar refractivity (Wildman–Crippen MR) is 57.7 cm³/mol. The Morgan fingerprint density at radius 2 is 2.19 bits per heavy atom. The Hall–Kier alpha value is -1.49. The highest BCUT2D eigenvalue weighted by Crippen LogP contribution is 2.18. The molecule has 0 saturated carbocycles. The van der Waals surface area contributed by atoms with Gasteiger partial charge in [0.1, 0.15) is 6.33 Å². The molecular weight excluding hydrogens is 206 g/mol. The minimum Gasteiger partial charge on any atom is -0.391 e. The molecule has 2 rings (SSSR count). The zero-order chi connectivity index (χ0) is 11.5. The number of amides is 1. The number of hydrogen-bond acceptors (Lipinski definition) is 4. The third-order valence-electron chi connectivity index (χ3n) is 3.01. The normalized spacial score (nSPS) is 25.5. The standard InChI is InChI=1S/C11H15N3O2/c1-8-2-3-14(6-10(8)15)11(16)9-4-12-7-13-5-9/h4-5,7-8,10,15H,2-3,6H2,1H3. The monoisotopic (exact) mass is 221 g/mol. The smallest absolute Gasteiger partial charge is 0.257 e. The van der Waals surface area contributed by atoms with Gasteiger partial charge in [-0.05, 0) is 12.3 Å². The highest BCUT2D eigenvalue weighted by Gasteiger charge is 2.27. The summed E-state index contributed by atoms with van der Waals surface area (Å²) >= 11 is 0. The molecule has 0 bridgehead atoms. The van der Waals surface area contributed by atoms with E-state index in [-0.39, 0.29) is 11.8 Å². The van der Waals surface area contributed by atoms with Gasteiger partial charge in [0.15, 0.2) is 0 Å². The first-order valence-corrected chi connectivity index (χ1v) is 5.41. The third kappa shape index (κ3) is 2.19. The number of aliphatic hydroxyl groups is 1. The van der Waals surface area contributed by atoms with Crippen LogP contribution in [0.25, 0.3) is 0 Å². The molecule has 0 radical (unpaired) electrons. The van der Waals surface area contributed by atoms with Gasteiger partial charge < -0.3 is 10.0 Å². The van der Waals surface area contributed by atoms with Crippen molar-refractivity contribution in [3.63, 3.8) is 0 Å². The van der Waals surface area contributed by atoms with Gasteiger partial charge in [-0.15, -0.1) is 0 Å². The van der Waals surface area contributed by atoms with Crippen LogP contribution in [0.1, 0.15) is 23.7 Å². The number of nitrogens with zero attached hydrogens (tertiary/aromatic N) is 3. The molecule has 1 aliphatic heterocycles. The van der Waals surface area contributed by atoms with Gasteiger partial charge in [0.05, 0.1) is 11.7 Å². The van der Waals surface area contributed by atoms with Crippen LogP contribution >= 0.6 is 0 Å². The average molecular weight is 221 g/mol. The van der Waals surface area contributed by atoms with E-state index in [4.69, 9.17) is 0 Å². The van der Waals surface area contributed by atoms with Crippen LogP contribution in [0.4, 0.5) is 0 Å².